The first-order valence-electron chi connectivity index (χ1n) is 7.30. The van der Waals surface area contributed by atoms with E-state index in [9.17, 15) is 19.7 Å². The lowest BCUT2D eigenvalue weighted by Crippen LogP contribution is -2.34. The highest BCUT2D eigenvalue weighted by Crippen LogP contribution is 2.28. The van der Waals surface area contributed by atoms with Crippen molar-refractivity contribution in [1.82, 2.24) is 5.32 Å². The van der Waals surface area contributed by atoms with Gasteiger partial charge in [-0.25, -0.2) is 0 Å². The predicted molar refractivity (Wildman–Crippen MR) is 96.7 cm³/mol. The molecule has 1 aromatic carbocycles. The summed E-state index contributed by atoms with van der Waals surface area (Å²) in [6, 6.07) is 5.50. The van der Waals surface area contributed by atoms with Crippen LogP contribution in [-0.2, 0) is 9.59 Å². The van der Waals surface area contributed by atoms with Gasteiger partial charge < -0.3 is 5.32 Å². The Hall–Kier alpha value is -2.24. The number of para-hydroxylation sites is 1. The molecule has 1 atom stereocenters. The second-order valence-corrected chi connectivity index (χ2v) is 5.86. The molecule has 0 radical (unpaired) electrons. The van der Waals surface area contributed by atoms with Gasteiger partial charge in [0.1, 0.15) is 5.78 Å². The van der Waals surface area contributed by atoms with Crippen molar-refractivity contribution in [3.8, 4) is 0 Å². The average Bonchev–Trinajstić information content (AvgIpc) is 2.45. The second kappa shape index (κ2) is 10.5. The van der Waals surface area contributed by atoms with Crippen molar-refractivity contribution in [2.24, 2.45) is 11.8 Å². The number of Topliss-reactive ketones (excluding diaryl/α,β-unsaturated/α-hetero) is 1. The molecule has 0 saturated carbocycles. The summed E-state index contributed by atoms with van der Waals surface area (Å²) in [5.74, 6) is -0.743. The summed E-state index contributed by atoms with van der Waals surface area (Å²) in [7, 11) is 0. The van der Waals surface area contributed by atoms with E-state index in [1.165, 1.54) is 6.07 Å². The number of nitro benzene ring substituents is 1. The molecule has 136 valence electrons. The Bertz CT molecular complexity index is 546. The normalized spacial score (nSPS) is 11.2. The summed E-state index contributed by atoms with van der Waals surface area (Å²) < 4.78 is 0. The van der Waals surface area contributed by atoms with Gasteiger partial charge >= 0.3 is 0 Å². The predicted octanol–water partition coefficient (Wildman–Crippen LogP) is 4.30. The van der Waals surface area contributed by atoms with Crippen molar-refractivity contribution in [3.63, 3.8) is 0 Å². The lowest BCUT2D eigenvalue weighted by molar-refractivity contribution is -0.385. The van der Waals surface area contributed by atoms with Crippen LogP contribution in [0.5, 0.6) is 0 Å². The highest BCUT2D eigenvalue weighted by molar-refractivity contribution is 5.83. The van der Waals surface area contributed by atoms with Gasteiger partial charge in [-0.2, -0.15) is 0 Å². The first-order chi connectivity index (χ1) is 10.2. The smallest absolute Gasteiger partial charge is 0.274 e. The van der Waals surface area contributed by atoms with Crippen LogP contribution in [0.1, 0.15) is 60.6 Å². The van der Waals surface area contributed by atoms with Crippen molar-refractivity contribution in [3.05, 3.63) is 39.9 Å². The first-order valence-corrected chi connectivity index (χ1v) is 7.30. The number of carbonyl (C=O) groups is 2. The first kappa shape index (κ1) is 24.0. The summed E-state index contributed by atoms with van der Waals surface area (Å²) in [5.41, 5.74) is 0.267. The van der Waals surface area contributed by atoms with Crippen molar-refractivity contribution in [2.45, 2.75) is 55.0 Å². The highest BCUT2D eigenvalue weighted by Gasteiger charge is 2.26. The molecule has 1 amide bonds. The lowest BCUT2D eigenvalue weighted by Gasteiger charge is -2.20. The van der Waals surface area contributed by atoms with E-state index in [4.69, 9.17) is 0 Å². The van der Waals surface area contributed by atoms with Gasteiger partial charge in [0.2, 0.25) is 5.91 Å². The Kier molecular flexibility index (Phi) is 10.5. The Labute approximate surface area is 144 Å². The number of nitro groups is 1. The van der Waals surface area contributed by atoms with Crippen LogP contribution >= 0.6 is 0 Å². The van der Waals surface area contributed by atoms with Crippen LogP contribution in [0.15, 0.2) is 24.3 Å². The number of rotatable bonds is 7. The summed E-state index contributed by atoms with van der Waals surface area (Å²) in [4.78, 5) is 34.7. The van der Waals surface area contributed by atoms with E-state index >= 15 is 0 Å². The van der Waals surface area contributed by atoms with E-state index in [2.05, 4.69) is 5.32 Å². The molecule has 0 spiro atoms. The molecule has 1 aromatic rings. The second-order valence-electron chi connectivity index (χ2n) is 5.86. The summed E-state index contributed by atoms with van der Waals surface area (Å²) in [6.07, 6.45) is 0.0426. The minimum atomic E-state index is -0.689. The molecule has 0 aromatic heterocycles. The molecule has 6 heteroatoms. The van der Waals surface area contributed by atoms with Crippen LogP contribution in [-0.4, -0.2) is 16.6 Å². The number of benzene rings is 1. The number of nitrogens with one attached hydrogen (secondary N) is 1. The maximum Gasteiger partial charge on any atom is 0.274 e. The zero-order chi connectivity index (χ0) is 16.9. The lowest BCUT2D eigenvalue weighted by atomic mass is 9.95. The number of amides is 1. The Balaban J connectivity index is 0. The summed E-state index contributed by atoms with van der Waals surface area (Å²) >= 11 is 0. The third kappa shape index (κ3) is 6.48. The van der Waals surface area contributed by atoms with Crippen molar-refractivity contribution < 1.29 is 14.5 Å². The van der Waals surface area contributed by atoms with E-state index in [0.717, 1.165) is 0 Å². The zero-order valence-electron chi connectivity index (χ0n) is 13.3. The number of ketones is 1. The summed E-state index contributed by atoms with van der Waals surface area (Å²) in [6.45, 7) is 7.00. The minimum absolute atomic E-state index is 0. The van der Waals surface area contributed by atoms with E-state index in [1.807, 2.05) is 0 Å². The molecular formula is C18H30N2O4. The van der Waals surface area contributed by atoms with Crippen molar-refractivity contribution >= 4 is 17.4 Å². The van der Waals surface area contributed by atoms with Crippen molar-refractivity contribution in [2.75, 3.05) is 0 Å². The van der Waals surface area contributed by atoms with Crippen LogP contribution in [0.25, 0.3) is 0 Å². The molecule has 0 saturated heterocycles. The largest absolute Gasteiger partial charge is 0.348 e. The van der Waals surface area contributed by atoms with Crippen LogP contribution in [0, 0.1) is 22.0 Å². The van der Waals surface area contributed by atoms with Gasteiger partial charge in [-0.15, -0.1) is 0 Å². The number of hydrogen-bond donors (Lipinski definition) is 1. The quantitative estimate of drug-likeness (QED) is 0.593. The van der Waals surface area contributed by atoms with E-state index in [0.29, 0.717) is 5.56 Å². The van der Waals surface area contributed by atoms with Gasteiger partial charge in [-0.05, 0) is 0 Å². The molecule has 1 unspecified atom stereocenters. The standard InChI is InChI=1S/C16H22N2O4.2CH4/c1-10(2)15(19)9-13(17-16(20)11(3)4)12-7-5-6-8-14(12)18(21)22;;/h5-8,10-11,13H,9H2,1-4H3,(H,17,20);2*1H4. The molecule has 0 aliphatic carbocycles. The fraction of sp³-hybridized carbons (Fsp3) is 0.556. The third-order valence-corrected chi connectivity index (χ3v) is 3.40. The molecule has 1 rings (SSSR count). The van der Waals surface area contributed by atoms with Crippen LogP contribution in [0.3, 0.4) is 0 Å². The highest BCUT2D eigenvalue weighted by atomic mass is 16.6. The molecule has 0 fully saturated rings. The average molecular weight is 338 g/mol. The van der Waals surface area contributed by atoms with Gasteiger partial charge in [0.25, 0.3) is 5.69 Å². The maximum atomic E-state index is 12.0. The zero-order valence-corrected chi connectivity index (χ0v) is 13.3. The number of hydrogen-bond acceptors (Lipinski definition) is 4. The van der Waals surface area contributed by atoms with Crippen LogP contribution in [0.2, 0.25) is 0 Å². The molecule has 0 aliphatic rings. The molecular weight excluding hydrogens is 308 g/mol. The maximum absolute atomic E-state index is 12.0. The SMILES string of the molecule is C.C.CC(C)C(=O)CC(NC(=O)C(C)C)c1ccccc1[N+](=O)[O-]. The van der Waals surface area contributed by atoms with Gasteiger partial charge in [-0.1, -0.05) is 60.7 Å². The monoisotopic (exact) mass is 338 g/mol. The molecule has 24 heavy (non-hydrogen) atoms. The van der Waals surface area contributed by atoms with E-state index < -0.39 is 11.0 Å². The molecule has 0 bridgehead atoms. The number of carbonyl (C=O) groups excluding carboxylic acids is 2. The van der Waals surface area contributed by atoms with Gasteiger partial charge in [-0.3, -0.25) is 19.7 Å². The van der Waals surface area contributed by atoms with Crippen LogP contribution < -0.4 is 5.32 Å². The van der Waals surface area contributed by atoms with Gasteiger partial charge in [0, 0.05) is 24.3 Å². The van der Waals surface area contributed by atoms with Gasteiger partial charge in [0.05, 0.1) is 16.5 Å². The molecule has 0 heterocycles. The Morgan fingerprint density at radius 1 is 1.08 bits per heavy atom. The van der Waals surface area contributed by atoms with Crippen LogP contribution in [0.4, 0.5) is 5.69 Å². The van der Waals surface area contributed by atoms with E-state index in [-0.39, 0.29) is 50.5 Å². The molecule has 0 aliphatic heterocycles. The Morgan fingerprint density at radius 2 is 1.62 bits per heavy atom. The van der Waals surface area contributed by atoms with Gasteiger partial charge in [0.15, 0.2) is 0 Å². The van der Waals surface area contributed by atoms with Crippen molar-refractivity contribution in [1.29, 1.82) is 0 Å². The number of nitrogens with zero attached hydrogens (tertiary/aromatic N) is 1. The Morgan fingerprint density at radius 3 is 2.08 bits per heavy atom. The fourth-order valence-corrected chi connectivity index (χ4v) is 1.96. The fourth-order valence-electron chi connectivity index (χ4n) is 1.96. The topological polar surface area (TPSA) is 89.3 Å². The minimum Gasteiger partial charge on any atom is -0.348 e. The third-order valence-electron chi connectivity index (χ3n) is 3.40. The van der Waals surface area contributed by atoms with E-state index in [1.54, 1.807) is 45.9 Å². The molecule has 6 nitrogen and oxygen atoms in total. The summed E-state index contributed by atoms with van der Waals surface area (Å²) in [5, 5.41) is 13.9. The molecule has 1 N–H and O–H groups in total.